The Bertz CT molecular complexity index is 1050. The zero-order valence-electron chi connectivity index (χ0n) is 13.9. The first-order valence-corrected chi connectivity index (χ1v) is 8.42. The maximum Gasteiger partial charge on any atom is 0.363 e. The average Bonchev–Trinajstić information content (AvgIpc) is 3.23. The molecule has 4 nitrogen and oxygen atoms in total. The Morgan fingerprint density at radius 2 is 1.81 bits per heavy atom. The standard InChI is InChI=1S/C21H14ClNO3/c1-13-3-2-4-15(11-13)20-23-18(21(24)26-20)12-17-9-10-19(25-17)14-5-7-16(22)8-6-14/h2-12H,1H3/b18-12+. The third-order valence-corrected chi connectivity index (χ3v) is 4.17. The van der Waals surface area contributed by atoms with E-state index >= 15 is 0 Å². The van der Waals surface area contributed by atoms with Gasteiger partial charge in [-0.1, -0.05) is 29.3 Å². The summed E-state index contributed by atoms with van der Waals surface area (Å²) in [5.74, 6) is 1.01. The number of aliphatic imine (C=N–C) groups is 1. The van der Waals surface area contributed by atoms with Crippen LogP contribution in [0.4, 0.5) is 0 Å². The van der Waals surface area contributed by atoms with Gasteiger partial charge in [0, 0.05) is 22.2 Å². The Balaban J connectivity index is 1.62. The van der Waals surface area contributed by atoms with E-state index in [1.165, 1.54) is 0 Å². The molecule has 0 bridgehead atoms. The molecule has 5 heteroatoms. The van der Waals surface area contributed by atoms with E-state index in [1.807, 2.05) is 49.4 Å². The highest BCUT2D eigenvalue weighted by Crippen LogP contribution is 2.26. The number of hydrogen-bond acceptors (Lipinski definition) is 4. The first-order valence-electron chi connectivity index (χ1n) is 8.04. The molecule has 0 saturated heterocycles. The summed E-state index contributed by atoms with van der Waals surface area (Å²) in [6, 6.07) is 18.6. The van der Waals surface area contributed by atoms with Crippen molar-refractivity contribution >= 4 is 29.5 Å². The van der Waals surface area contributed by atoms with E-state index in [4.69, 9.17) is 20.8 Å². The monoisotopic (exact) mass is 363 g/mol. The quantitative estimate of drug-likeness (QED) is 0.471. The lowest BCUT2D eigenvalue weighted by molar-refractivity contribution is -0.129. The molecule has 0 unspecified atom stereocenters. The van der Waals surface area contributed by atoms with Crippen molar-refractivity contribution in [1.29, 1.82) is 0 Å². The van der Waals surface area contributed by atoms with Gasteiger partial charge in [-0.25, -0.2) is 9.79 Å². The average molecular weight is 364 g/mol. The van der Waals surface area contributed by atoms with Crippen LogP contribution in [0.3, 0.4) is 0 Å². The molecule has 0 fully saturated rings. The van der Waals surface area contributed by atoms with Gasteiger partial charge in [-0.05, 0) is 55.5 Å². The maximum absolute atomic E-state index is 12.1. The number of carbonyl (C=O) groups is 1. The molecule has 1 aliphatic rings. The largest absolute Gasteiger partial charge is 0.457 e. The van der Waals surface area contributed by atoms with Crippen LogP contribution in [0.1, 0.15) is 16.9 Å². The predicted octanol–water partition coefficient (Wildman–Crippen LogP) is 5.25. The third-order valence-electron chi connectivity index (χ3n) is 3.92. The summed E-state index contributed by atoms with van der Waals surface area (Å²) in [6.45, 7) is 1.97. The SMILES string of the molecule is Cc1cccc(C2=N/C(=C/c3ccc(-c4ccc(Cl)cc4)o3)C(=O)O2)c1. The number of hydrogen-bond donors (Lipinski definition) is 0. The zero-order valence-corrected chi connectivity index (χ0v) is 14.7. The number of cyclic esters (lactones) is 1. The highest BCUT2D eigenvalue weighted by atomic mass is 35.5. The van der Waals surface area contributed by atoms with Gasteiger partial charge in [0.25, 0.3) is 0 Å². The third kappa shape index (κ3) is 3.32. The summed E-state index contributed by atoms with van der Waals surface area (Å²) in [6.07, 6.45) is 1.57. The van der Waals surface area contributed by atoms with Crippen molar-refractivity contribution in [2.75, 3.05) is 0 Å². The van der Waals surface area contributed by atoms with Gasteiger partial charge in [0.1, 0.15) is 11.5 Å². The van der Waals surface area contributed by atoms with Crippen LogP contribution in [0.15, 0.2) is 75.8 Å². The summed E-state index contributed by atoms with van der Waals surface area (Å²) in [5, 5.41) is 0.661. The molecular weight excluding hydrogens is 350 g/mol. The molecular formula is C21H14ClNO3. The second kappa shape index (κ2) is 6.65. The molecule has 0 atom stereocenters. The fourth-order valence-corrected chi connectivity index (χ4v) is 2.77. The Hall–Kier alpha value is -3.11. The summed E-state index contributed by atoms with van der Waals surface area (Å²) in [5.41, 5.74) is 2.94. The number of furan rings is 1. The molecule has 2 heterocycles. The van der Waals surface area contributed by atoms with E-state index in [9.17, 15) is 4.79 Å². The molecule has 4 rings (SSSR count). The molecule has 0 aliphatic carbocycles. The summed E-state index contributed by atoms with van der Waals surface area (Å²) in [7, 11) is 0. The van der Waals surface area contributed by atoms with Crippen molar-refractivity contribution in [3.8, 4) is 11.3 Å². The van der Waals surface area contributed by atoms with Crippen molar-refractivity contribution in [3.05, 3.63) is 88.3 Å². The molecule has 0 radical (unpaired) electrons. The molecule has 0 saturated carbocycles. The van der Waals surface area contributed by atoms with Crippen LogP contribution >= 0.6 is 11.6 Å². The smallest absolute Gasteiger partial charge is 0.363 e. The maximum atomic E-state index is 12.1. The summed E-state index contributed by atoms with van der Waals surface area (Å²) >= 11 is 5.90. The number of nitrogens with zero attached hydrogens (tertiary/aromatic N) is 1. The van der Waals surface area contributed by atoms with Crippen LogP contribution in [0, 0.1) is 6.92 Å². The fourth-order valence-electron chi connectivity index (χ4n) is 2.65. The lowest BCUT2D eigenvalue weighted by atomic mass is 10.1. The van der Waals surface area contributed by atoms with Gasteiger partial charge in [-0.3, -0.25) is 0 Å². The fraction of sp³-hybridized carbons (Fsp3) is 0.0476. The Kier molecular flexibility index (Phi) is 4.19. The van der Waals surface area contributed by atoms with Gasteiger partial charge >= 0.3 is 5.97 Å². The first kappa shape index (κ1) is 16.4. The van der Waals surface area contributed by atoms with Crippen molar-refractivity contribution in [1.82, 2.24) is 0 Å². The lowest BCUT2D eigenvalue weighted by Gasteiger charge is -1.99. The lowest BCUT2D eigenvalue weighted by Crippen LogP contribution is -2.05. The van der Waals surface area contributed by atoms with Crippen molar-refractivity contribution < 1.29 is 13.9 Å². The van der Waals surface area contributed by atoms with Crippen molar-refractivity contribution in [3.63, 3.8) is 0 Å². The second-order valence-electron chi connectivity index (χ2n) is 5.91. The first-order chi connectivity index (χ1) is 12.6. The van der Waals surface area contributed by atoms with E-state index in [1.54, 1.807) is 24.3 Å². The Morgan fingerprint density at radius 3 is 2.58 bits per heavy atom. The molecule has 0 amide bonds. The zero-order chi connectivity index (χ0) is 18.1. The number of rotatable bonds is 3. The van der Waals surface area contributed by atoms with Crippen LogP contribution < -0.4 is 0 Å². The molecule has 3 aromatic rings. The highest BCUT2D eigenvalue weighted by Gasteiger charge is 2.24. The Labute approximate surface area is 155 Å². The molecule has 1 aliphatic heterocycles. The van der Waals surface area contributed by atoms with E-state index in [2.05, 4.69) is 4.99 Å². The molecule has 128 valence electrons. The molecule has 0 N–H and O–H groups in total. The van der Waals surface area contributed by atoms with E-state index in [0.717, 1.165) is 16.7 Å². The van der Waals surface area contributed by atoms with Gasteiger partial charge in [0.05, 0.1) is 0 Å². The van der Waals surface area contributed by atoms with Crippen LogP contribution in [0.5, 0.6) is 0 Å². The summed E-state index contributed by atoms with van der Waals surface area (Å²) < 4.78 is 11.1. The van der Waals surface area contributed by atoms with Crippen LogP contribution in [-0.2, 0) is 9.53 Å². The van der Waals surface area contributed by atoms with Crippen LogP contribution in [0.2, 0.25) is 5.02 Å². The number of carbonyl (C=O) groups excluding carboxylic acids is 1. The van der Waals surface area contributed by atoms with Crippen LogP contribution in [0.25, 0.3) is 17.4 Å². The minimum atomic E-state index is -0.494. The van der Waals surface area contributed by atoms with Crippen LogP contribution in [-0.4, -0.2) is 11.9 Å². The number of ether oxygens (including phenoxy) is 1. The minimum absolute atomic E-state index is 0.207. The van der Waals surface area contributed by atoms with Gasteiger partial charge < -0.3 is 9.15 Å². The Morgan fingerprint density at radius 1 is 1.00 bits per heavy atom. The molecule has 2 aromatic carbocycles. The molecule has 26 heavy (non-hydrogen) atoms. The number of halogens is 1. The van der Waals surface area contributed by atoms with Gasteiger partial charge in [0.2, 0.25) is 5.90 Å². The highest BCUT2D eigenvalue weighted by molar-refractivity contribution is 6.30. The van der Waals surface area contributed by atoms with Crippen molar-refractivity contribution in [2.45, 2.75) is 6.92 Å². The topological polar surface area (TPSA) is 51.8 Å². The molecule has 0 spiro atoms. The normalized spacial score (nSPS) is 15.2. The molecule has 1 aromatic heterocycles. The predicted molar refractivity (Wildman–Crippen MR) is 101 cm³/mol. The van der Waals surface area contributed by atoms with Gasteiger partial charge in [0.15, 0.2) is 5.70 Å². The number of aryl methyl sites for hydroxylation is 1. The number of benzene rings is 2. The van der Waals surface area contributed by atoms with Crippen molar-refractivity contribution in [2.24, 2.45) is 4.99 Å². The van der Waals surface area contributed by atoms with Gasteiger partial charge in [-0.15, -0.1) is 0 Å². The minimum Gasteiger partial charge on any atom is -0.457 e. The van der Waals surface area contributed by atoms with Gasteiger partial charge in [-0.2, -0.15) is 0 Å². The second-order valence-corrected chi connectivity index (χ2v) is 6.35. The van der Waals surface area contributed by atoms with E-state index < -0.39 is 5.97 Å². The summed E-state index contributed by atoms with van der Waals surface area (Å²) in [4.78, 5) is 16.4. The van der Waals surface area contributed by atoms with E-state index in [-0.39, 0.29) is 5.70 Å². The number of esters is 1. The van der Waals surface area contributed by atoms with E-state index in [0.29, 0.717) is 22.4 Å².